The van der Waals surface area contributed by atoms with Crippen molar-refractivity contribution >= 4 is 6.09 Å². The summed E-state index contributed by atoms with van der Waals surface area (Å²) < 4.78 is 46.8. The summed E-state index contributed by atoms with van der Waals surface area (Å²) >= 11 is 0. The number of rotatable bonds is 0. The van der Waals surface area contributed by atoms with E-state index in [0.717, 1.165) is 0 Å². The molecule has 1 aliphatic heterocycles. The van der Waals surface area contributed by atoms with E-state index in [0.29, 0.717) is 17.0 Å². The molecule has 1 aromatic rings. The molecule has 21 heavy (non-hydrogen) atoms. The van der Waals surface area contributed by atoms with Gasteiger partial charge in [-0.25, -0.2) is 9.78 Å². The number of nitrogens with zero attached hydrogens (tertiary/aromatic N) is 3. The Morgan fingerprint density at radius 3 is 2.52 bits per heavy atom. The van der Waals surface area contributed by atoms with Gasteiger partial charge in [-0.05, 0) is 20.8 Å². The van der Waals surface area contributed by atoms with E-state index in [4.69, 9.17) is 4.74 Å². The Bertz CT molecular complexity index is 546. The number of carbonyl (C=O) groups is 1. The lowest BCUT2D eigenvalue weighted by molar-refractivity contribution is -0.186. The Morgan fingerprint density at radius 2 is 2.00 bits per heavy atom. The summed E-state index contributed by atoms with van der Waals surface area (Å²) in [4.78, 5) is 16.6. The second kappa shape index (κ2) is 4.92. The summed E-state index contributed by atoms with van der Waals surface area (Å²) in [5, 5.41) is 0. The van der Waals surface area contributed by atoms with Gasteiger partial charge in [0.15, 0.2) is 6.04 Å². The van der Waals surface area contributed by atoms with Crippen LogP contribution >= 0.6 is 0 Å². The summed E-state index contributed by atoms with van der Waals surface area (Å²) in [7, 11) is 1.64. The molecule has 2 rings (SSSR count). The Labute approximate surface area is 120 Å². The van der Waals surface area contributed by atoms with E-state index in [1.807, 2.05) is 0 Å². The molecule has 8 heteroatoms. The number of ether oxygens (including phenoxy) is 1. The van der Waals surface area contributed by atoms with Gasteiger partial charge in [0.2, 0.25) is 0 Å². The molecule has 0 fully saturated rings. The molecule has 118 valence electrons. The average molecular weight is 305 g/mol. The van der Waals surface area contributed by atoms with E-state index in [2.05, 4.69) is 4.98 Å². The highest BCUT2D eigenvalue weighted by Gasteiger charge is 2.51. The van der Waals surface area contributed by atoms with Crippen molar-refractivity contribution in [2.24, 2.45) is 7.05 Å². The van der Waals surface area contributed by atoms with Gasteiger partial charge in [-0.3, -0.25) is 4.90 Å². The first-order valence-corrected chi connectivity index (χ1v) is 6.57. The first-order valence-electron chi connectivity index (χ1n) is 6.57. The largest absolute Gasteiger partial charge is 0.444 e. The molecule has 5 nitrogen and oxygen atoms in total. The van der Waals surface area contributed by atoms with Crippen molar-refractivity contribution in [1.82, 2.24) is 14.5 Å². The normalized spacial score (nSPS) is 19.4. The molecule has 0 aliphatic carbocycles. The van der Waals surface area contributed by atoms with Crippen molar-refractivity contribution in [3.63, 3.8) is 0 Å². The average Bonchev–Trinajstić information content (AvgIpc) is 2.66. The summed E-state index contributed by atoms with van der Waals surface area (Å²) in [6.07, 6.45) is -3.92. The van der Waals surface area contributed by atoms with Crippen molar-refractivity contribution in [2.45, 2.75) is 45.0 Å². The lowest BCUT2D eigenvalue weighted by atomic mass is 10.0. The van der Waals surface area contributed by atoms with Crippen molar-refractivity contribution in [1.29, 1.82) is 0 Å². The van der Waals surface area contributed by atoms with Crippen LogP contribution in [0.25, 0.3) is 0 Å². The zero-order valence-corrected chi connectivity index (χ0v) is 12.4. The predicted octanol–water partition coefficient (Wildman–Crippen LogP) is 2.82. The fourth-order valence-electron chi connectivity index (χ4n) is 2.36. The van der Waals surface area contributed by atoms with Gasteiger partial charge in [-0.2, -0.15) is 13.2 Å². The molecule has 0 radical (unpaired) electrons. The molecule has 0 N–H and O–H groups in total. The number of halogens is 3. The third-order valence-electron chi connectivity index (χ3n) is 3.19. The third kappa shape index (κ3) is 3.14. The molecule has 0 saturated heterocycles. The minimum Gasteiger partial charge on any atom is -0.444 e. The van der Waals surface area contributed by atoms with Gasteiger partial charge in [-0.15, -0.1) is 0 Å². The Hall–Kier alpha value is -1.73. The fourth-order valence-corrected chi connectivity index (χ4v) is 2.36. The number of hydrogen-bond acceptors (Lipinski definition) is 3. The number of fused-ring (bicyclic) bond motifs is 1. The molecule has 2 heterocycles. The van der Waals surface area contributed by atoms with E-state index < -0.39 is 23.9 Å². The topological polar surface area (TPSA) is 47.4 Å². The molecule has 0 spiro atoms. The highest BCUT2D eigenvalue weighted by molar-refractivity contribution is 5.69. The molecule has 1 aromatic heterocycles. The zero-order valence-electron chi connectivity index (χ0n) is 12.4. The molecule has 1 amide bonds. The lowest BCUT2D eigenvalue weighted by Gasteiger charge is -2.37. The molecule has 1 unspecified atom stereocenters. The second-order valence-electron chi connectivity index (χ2n) is 6.06. The maximum Gasteiger partial charge on any atom is 0.414 e. The number of alkyl halides is 3. The van der Waals surface area contributed by atoms with Crippen LogP contribution < -0.4 is 0 Å². The summed E-state index contributed by atoms with van der Waals surface area (Å²) in [6, 6.07) is -2.06. The van der Waals surface area contributed by atoms with Gasteiger partial charge < -0.3 is 9.30 Å². The first-order chi connectivity index (χ1) is 9.50. The van der Waals surface area contributed by atoms with Crippen molar-refractivity contribution in [3.8, 4) is 0 Å². The van der Waals surface area contributed by atoms with Crippen LogP contribution in [-0.2, 0) is 18.2 Å². The number of carbonyl (C=O) groups excluding carboxylic acids is 1. The molecule has 0 aromatic carbocycles. The smallest absolute Gasteiger partial charge is 0.414 e. The number of aromatic nitrogens is 2. The van der Waals surface area contributed by atoms with E-state index in [9.17, 15) is 18.0 Å². The minimum absolute atomic E-state index is 0.0500. The van der Waals surface area contributed by atoms with E-state index in [-0.39, 0.29) is 12.2 Å². The molecular weight excluding hydrogens is 287 g/mol. The van der Waals surface area contributed by atoms with Crippen molar-refractivity contribution in [3.05, 3.63) is 17.7 Å². The standard InChI is InChI=1S/C13H18F3N3O2/c1-12(2,3)21-11(20)19-6-5-8-9(17-7-18(8)4)10(19)13(14,15)16/h7,10H,5-6H2,1-4H3. The third-order valence-corrected chi connectivity index (χ3v) is 3.19. The highest BCUT2D eigenvalue weighted by atomic mass is 19.4. The number of amides is 1. The van der Waals surface area contributed by atoms with Crippen molar-refractivity contribution in [2.75, 3.05) is 6.54 Å². The van der Waals surface area contributed by atoms with Crippen LogP contribution in [0, 0.1) is 0 Å². The Morgan fingerprint density at radius 1 is 1.38 bits per heavy atom. The minimum atomic E-state index is -4.60. The summed E-state index contributed by atoms with van der Waals surface area (Å²) in [5.41, 5.74) is -0.475. The quantitative estimate of drug-likeness (QED) is 0.740. The number of hydrogen-bond donors (Lipinski definition) is 0. The van der Waals surface area contributed by atoms with Crippen LogP contribution in [0.5, 0.6) is 0 Å². The summed E-state index contributed by atoms with van der Waals surface area (Å²) in [5.74, 6) is 0. The van der Waals surface area contributed by atoms with Crippen LogP contribution in [0.3, 0.4) is 0 Å². The maximum absolute atomic E-state index is 13.4. The van der Waals surface area contributed by atoms with Crippen LogP contribution in [0.2, 0.25) is 0 Å². The maximum atomic E-state index is 13.4. The molecule has 0 bridgehead atoms. The van der Waals surface area contributed by atoms with Gasteiger partial charge in [0, 0.05) is 25.7 Å². The van der Waals surface area contributed by atoms with Crippen LogP contribution in [-0.4, -0.2) is 38.9 Å². The van der Waals surface area contributed by atoms with E-state index in [1.165, 1.54) is 6.33 Å². The van der Waals surface area contributed by atoms with Gasteiger partial charge >= 0.3 is 12.3 Å². The number of aryl methyl sites for hydroxylation is 1. The van der Waals surface area contributed by atoms with Crippen LogP contribution in [0.15, 0.2) is 6.33 Å². The predicted molar refractivity (Wildman–Crippen MR) is 68.6 cm³/mol. The molecular formula is C13H18F3N3O2. The van der Waals surface area contributed by atoms with Gasteiger partial charge in [0.25, 0.3) is 0 Å². The van der Waals surface area contributed by atoms with Gasteiger partial charge in [0.1, 0.15) is 5.60 Å². The lowest BCUT2D eigenvalue weighted by Crippen LogP contribution is -2.48. The SMILES string of the molecule is Cn1cnc2c1CCN(C(=O)OC(C)(C)C)C2C(F)(F)F. The molecule has 0 saturated carbocycles. The second-order valence-corrected chi connectivity index (χ2v) is 6.06. The summed E-state index contributed by atoms with van der Waals surface area (Å²) in [6.45, 7) is 4.79. The van der Waals surface area contributed by atoms with E-state index >= 15 is 0 Å². The molecule has 1 aliphatic rings. The monoisotopic (exact) mass is 305 g/mol. The fraction of sp³-hybridized carbons (Fsp3) is 0.692. The van der Waals surface area contributed by atoms with E-state index in [1.54, 1.807) is 32.4 Å². The Kier molecular flexibility index (Phi) is 3.67. The van der Waals surface area contributed by atoms with Gasteiger partial charge in [0.05, 0.1) is 12.0 Å². The van der Waals surface area contributed by atoms with Crippen LogP contribution in [0.4, 0.5) is 18.0 Å². The van der Waals surface area contributed by atoms with Crippen LogP contribution in [0.1, 0.15) is 38.2 Å². The van der Waals surface area contributed by atoms with Gasteiger partial charge in [-0.1, -0.05) is 0 Å². The Balaban J connectivity index is 2.37. The molecule has 1 atom stereocenters. The van der Waals surface area contributed by atoms with Crippen molar-refractivity contribution < 1.29 is 22.7 Å². The number of imidazole rings is 1. The zero-order chi connectivity index (χ0) is 16.0. The highest BCUT2D eigenvalue weighted by Crippen LogP contribution is 2.41. The first kappa shape index (κ1) is 15.7.